The molecule has 1 amide bonds. The minimum absolute atomic E-state index is 0.289. The van der Waals surface area contributed by atoms with Crippen molar-refractivity contribution in [3.8, 4) is 0 Å². The lowest BCUT2D eigenvalue weighted by Crippen LogP contribution is -2.46. The van der Waals surface area contributed by atoms with Gasteiger partial charge < -0.3 is 4.74 Å². The van der Waals surface area contributed by atoms with Crippen LogP contribution in [0.3, 0.4) is 0 Å². The molecule has 0 heterocycles. The Morgan fingerprint density at radius 1 is 1.53 bits per heavy atom. The minimum atomic E-state index is -0.448. The highest BCUT2D eigenvalue weighted by atomic mass is 16.6. The number of nitrogens with zero attached hydrogens (tertiary/aromatic N) is 1. The van der Waals surface area contributed by atoms with Crippen LogP contribution in [0, 0.1) is 0 Å². The Labute approximate surface area is 91.2 Å². The Morgan fingerprint density at radius 2 is 2.20 bits per heavy atom. The average molecular weight is 212 g/mol. The number of hydrazine groups is 1. The highest BCUT2D eigenvalue weighted by molar-refractivity contribution is 5.67. The van der Waals surface area contributed by atoms with Gasteiger partial charge in [-0.05, 0) is 33.6 Å². The van der Waals surface area contributed by atoms with Gasteiger partial charge in [-0.2, -0.15) is 0 Å². The van der Waals surface area contributed by atoms with Crippen molar-refractivity contribution in [1.29, 1.82) is 0 Å². The second-order valence-corrected chi connectivity index (χ2v) is 4.80. The molecule has 0 spiro atoms. The Kier molecular flexibility index (Phi) is 3.74. The van der Waals surface area contributed by atoms with E-state index in [9.17, 15) is 4.79 Å². The van der Waals surface area contributed by atoms with Crippen molar-refractivity contribution in [3.63, 3.8) is 0 Å². The molecule has 0 saturated heterocycles. The van der Waals surface area contributed by atoms with E-state index < -0.39 is 11.7 Å². The highest BCUT2D eigenvalue weighted by Crippen LogP contribution is 2.13. The molecular weight excluding hydrogens is 192 g/mol. The second kappa shape index (κ2) is 4.66. The Hall–Kier alpha value is -1.03. The zero-order chi connectivity index (χ0) is 11.5. The van der Waals surface area contributed by atoms with Gasteiger partial charge in [-0.1, -0.05) is 12.2 Å². The molecule has 1 atom stereocenters. The topological polar surface area (TPSA) is 41.6 Å². The lowest BCUT2D eigenvalue weighted by molar-refractivity contribution is 0.0333. The first kappa shape index (κ1) is 12.0. The third-order valence-electron chi connectivity index (χ3n) is 2.15. The van der Waals surface area contributed by atoms with Crippen molar-refractivity contribution in [1.82, 2.24) is 10.4 Å². The summed E-state index contributed by atoms with van der Waals surface area (Å²) in [5.74, 6) is 0. The molecule has 0 bridgehead atoms. The fourth-order valence-electron chi connectivity index (χ4n) is 1.47. The molecule has 1 aliphatic carbocycles. The zero-order valence-corrected chi connectivity index (χ0v) is 9.91. The van der Waals surface area contributed by atoms with Gasteiger partial charge in [0, 0.05) is 13.1 Å². The lowest BCUT2D eigenvalue weighted by atomic mass is 10.2. The molecule has 1 aliphatic rings. The molecule has 0 radical (unpaired) electrons. The molecule has 1 rings (SSSR count). The standard InChI is InChI=1S/C11H20N2O2/c1-11(2,3)15-10(14)12-13(4)9-7-5-6-8-9/h5,7,9H,6,8H2,1-4H3,(H,12,14). The van der Waals surface area contributed by atoms with Gasteiger partial charge in [-0.25, -0.2) is 9.80 Å². The van der Waals surface area contributed by atoms with Crippen LogP contribution in [0.5, 0.6) is 0 Å². The number of carbonyl (C=O) groups is 1. The molecule has 0 aromatic carbocycles. The Morgan fingerprint density at radius 3 is 2.67 bits per heavy atom. The molecule has 0 saturated carbocycles. The van der Waals surface area contributed by atoms with Crippen molar-refractivity contribution in [2.75, 3.05) is 7.05 Å². The van der Waals surface area contributed by atoms with Crippen molar-refractivity contribution in [2.45, 2.75) is 45.3 Å². The van der Waals surface area contributed by atoms with Crippen LogP contribution in [0.15, 0.2) is 12.2 Å². The van der Waals surface area contributed by atoms with Crippen LogP contribution < -0.4 is 5.43 Å². The van der Waals surface area contributed by atoms with Gasteiger partial charge >= 0.3 is 6.09 Å². The van der Waals surface area contributed by atoms with E-state index in [1.54, 1.807) is 5.01 Å². The summed E-state index contributed by atoms with van der Waals surface area (Å²) in [6.07, 6.45) is 5.94. The summed E-state index contributed by atoms with van der Waals surface area (Å²) < 4.78 is 5.15. The van der Waals surface area contributed by atoms with Crippen molar-refractivity contribution < 1.29 is 9.53 Å². The third-order valence-corrected chi connectivity index (χ3v) is 2.15. The summed E-state index contributed by atoms with van der Waals surface area (Å²) in [5.41, 5.74) is 2.25. The van der Waals surface area contributed by atoms with Gasteiger partial charge in [0.05, 0.1) is 0 Å². The van der Waals surface area contributed by atoms with Gasteiger partial charge in [-0.3, -0.25) is 5.43 Å². The SMILES string of the molecule is CN(NC(=O)OC(C)(C)C)C1C=CCC1. The fraction of sp³-hybridized carbons (Fsp3) is 0.727. The van der Waals surface area contributed by atoms with Gasteiger partial charge in [0.25, 0.3) is 0 Å². The monoisotopic (exact) mass is 212 g/mol. The van der Waals surface area contributed by atoms with Crippen molar-refractivity contribution in [2.24, 2.45) is 0 Å². The maximum Gasteiger partial charge on any atom is 0.422 e. The molecular formula is C11H20N2O2. The van der Waals surface area contributed by atoms with Crippen LogP contribution in [-0.4, -0.2) is 29.8 Å². The van der Waals surface area contributed by atoms with Crippen LogP contribution in [0.4, 0.5) is 4.79 Å². The predicted molar refractivity (Wildman–Crippen MR) is 59.3 cm³/mol. The number of hydrogen-bond donors (Lipinski definition) is 1. The summed E-state index contributed by atoms with van der Waals surface area (Å²) in [6, 6.07) is 0.289. The summed E-state index contributed by atoms with van der Waals surface area (Å²) in [5, 5.41) is 1.79. The number of amides is 1. The third kappa shape index (κ3) is 4.34. The van der Waals surface area contributed by atoms with Gasteiger partial charge in [0.2, 0.25) is 0 Å². The highest BCUT2D eigenvalue weighted by Gasteiger charge is 2.20. The zero-order valence-electron chi connectivity index (χ0n) is 9.91. The predicted octanol–water partition coefficient (Wildman–Crippen LogP) is 2.08. The number of allylic oxidation sites excluding steroid dienone is 1. The van der Waals surface area contributed by atoms with Crippen LogP contribution in [0.2, 0.25) is 0 Å². The molecule has 4 nitrogen and oxygen atoms in total. The first-order chi connectivity index (χ1) is 6.88. The summed E-state index contributed by atoms with van der Waals surface area (Å²) in [4.78, 5) is 11.4. The maximum absolute atomic E-state index is 11.4. The number of nitrogens with one attached hydrogen (secondary N) is 1. The summed E-state index contributed by atoms with van der Waals surface area (Å²) >= 11 is 0. The quantitative estimate of drug-likeness (QED) is 0.563. The first-order valence-electron chi connectivity index (χ1n) is 5.27. The van der Waals surface area contributed by atoms with E-state index in [1.807, 2.05) is 27.8 Å². The van der Waals surface area contributed by atoms with E-state index in [-0.39, 0.29) is 6.04 Å². The van der Waals surface area contributed by atoms with Crippen LogP contribution in [-0.2, 0) is 4.74 Å². The smallest absolute Gasteiger partial charge is 0.422 e. The van der Waals surface area contributed by atoms with E-state index in [0.717, 1.165) is 12.8 Å². The molecule has 1 N–H and O–H groups in total. The molecule has 0 aromatic heterocycles. The van der Waals surface area contributed by atoms with E-state index >= 15 is 0 Å². The molecule has 0 aromatic rings. The minimum Gasteiger partial charge on any atom is -0.443 e. The number of hydrogen-bond acceptors (Lipinski definition) is 3. The second-order valence-electron chi connectivity index (χ2n) is 4.80. The van der Waals surface area contributed by atoms with Gasteiger partial charge in [0.1, 0.15) is 5.60 Å². The molecule has 0 aliphatic heterocycles. The van der Waals surface area contributed by atoms with E-state index in [0.29, 0.717) is 0 Å². The number of likely N-dealkylation sites (N-methyl/N-ethyl adjacent to an activating group) is 1. The fourth-order valence-corrected chi connectivity index (χ4v) is 1.47. The van der Waals surface area contributed by atoms with Crippen LogP contribution in [0.1, 0.15) is 33.6 Å². The maximum atomic E-state index is 11.4. The largest absolute Gasteiger partial charge is 0.443 e. The van der Waals surface area contributed by atoms with Gasteiger partial charge in [0.15, 0.2) is 0 Å². The normalized spacial score (nSPS) is 20.7. The molecule has 0 fully saturated rings. The number of carbonyl (C=O) groups excluding carboxylic acids is 1. The van der Waals surface area contributed by atoms with E-state index in [1.165, 1.54) is 0 Å². The van der Waals surface area contributed by atoms with Crippen LogP contribution in [0.25, 0.3) is 0 Å². The number of rotatable bonds is 2. The first-order valence-corrected chi connectivity index (χ1v) is 5.27. The van der Waals surface area contributed by atoms with E-state index in [4.69, 9.17) is 4.74 Å². The van der Waals surface area contributed by atoms with Gasteiger partial charge in [-0.15, -0.1) is 0 Å². The van der Waals surface area contributed by atoms with Crippen LogP contribution >= 0.6 is 0 Å². The molecule has 4 heteroatoms. The van der Waals surface area contributed by atoms with E-state index in [2.05, 4.69) is 17.6 Å². The molecule has 86 valence electrons. The van der Waals surface area contributed by atoms with Crippen molar-refractivity contribution in [3.05, 3.63) is 12.2 Å². The van der Waals surface area contributed by atoms with Crippen molar-refractivity contribution >= 4 is 6.09 Å². The summed E-state index contributed by atoms with van der Waals surface area (Å²) in [6.45, 7) is 5.55. The Bertz CT molecular complexity index is 256. The Balaban J connectivity index is 2.34. The average Bonchev–Trinajstić information content (AvgIpc) is 2.50. The molecule has 15 heavy (non-hydrogen) atoms. The summed E-state index contributed by atoms with van der Waals surface area (Å²) in [7, 11) is 1.85. The number of ether oxygens (including phenoxy) is 1. The molecule has 1 unspecified atom stereocenters. The lowest BCUT2D eigenvalue weighted by Gasteiger charge is -2.26.